The van der Waals surface area contributed by atoms with Crippen molar-refractivity contribution in [1.82, 2.24) is 14.8 Å². The predicted octanol–water partition coefficient (Wildman–Crippen LogP) is 3.95. The Morgan fingerprint density at radius 1 is 1.19 bits per heavy atom. The van der Waals surface area contributed by atoms with Gasteiger partial charge < -0.3 is 19.4 Å². The normalized spacial score (nSPS) is 17.6. The average Bonchev–Trinajstić information content (AvgIpc) is 2.99. The molecule has 0 bridgehead atoms. The molecule has 8 heteroatoms. The molecular weight excluding hydrogens is 428 g/mol. The number of hydrogen-bond acceptors (Lipinski definition) is 5. The summed E-state index contributed by atoms with van der Waals surface area (Å²) in [5.74, 6) is -0.275. The zero-order chi connectivity index (χ0) is 23.3. The van der Waals surface area contributed by atoms with Gasteiger partial charge >= 0.3 is 6.09 Å². The number of nitrogens with zero attached hydrogens (tertiary/aromatic N) is 4. The number of aromatic nitrogens is 1. The number of likely N-dealkylation sites (N-methyl/N-ethyl adjacent to an activating group) is 1. The van der Waals surface area contributed by atoms with Gasteiger partial charge in [0.2, 0.25) is 5.60 Å². The number of fused-ring (bicyclic) bond motifs is 1. The zero-order valence-corrected chi connectivity index (χ0v) is 19.9. The van der Waals surface area contributed by atoms with Crippen molar-refractivity contribution in [3.8, 4) is 0 Å². The molecule has 32 heavy (non-hydrogen) atoms. The molecule has 3 rings (SSSR count). The number of pyridine rings is 1. The van der Waals surface area contributed by atoms with Crippen molar-refractivity contribution in [2.24, 2.45) is 0 Å². The lowest BCUT2D eigenvalue weighted by Crippen LogP contribution is -2.48. The fraction of sp³-hybridized carbons (Fsp3) is 0.458. The Balaban J connectivity index is 2.05. The second kappa shape index (κ2) is 10.3. The predicted molar refractivity (Wildman–Crippen MR) is 126 cm³/mol. The van der Waals surface area contributed by atoms with Gasteiger partial charge in [-0.15, -0.1) is 0 Å². The van der Waals surface area contributed by atoms with Crippen LogP contribution in [0, 0.1) is 0 Å². The molecular formula is C24H31ClN4O3. The van der Waals surface area contributed by atoms with Crippen molar-refractivity contribution < 1.29 is 14.3 Å². The minimum atomic E-state index is -1.53. The summed E-state index contributed by atoms with van der Waals surface area (Å²) in [7, 11) is 3.19. The van der Waals surface area contributed by atoms with Gasteiger partial charge in [-0.2, -0.15) is 0 Å². The summed E-state index contributed by atoms with van der Waals surface area (Å²) in [6, 6.07) is 10.8. The van der Waals surface area contributed by atoms with Gasteiger partial charge in [-0.1, -0.05) is 31.5 Å². The van der Waals surface area contributed by atoms with Crippen LogP contribution in [0.25, 0.3) is 0 Å². The number of anilines is 1. The number of rotatable bonds is 9. The first-order chi connectivity index (χ1) is 15.3. The van der Waals surface area contributed by atoms with Crippen LogP contribution >= 0.6 is 11.6 Å². The van der Waals surface area contributed by atoms with Crippen LogP contribution in [0.3, 0.4) is 0 Å². The van der Waals surface area contributed by atoms with Crippen molar-refractivity contribution in [2.75, 3.05) is 45.2 Å². The molecule has 0 radical (unpaired) electrons. The van der Waals surface area contributed by atoms with Crippen LogP contribution in [0.2, 0.25) is 5.02 Å². The molecule has 0 aliphatic carbocycles. The largest absolute Gasteiger partial charge is 0.427 e. The van der Waals surface area contributed by atoms with E-state index in [4.69, 9.17) is 16.3 Å². The van der Waals surface area contributed by atoms with E-state index in [1.54, 1.807) is 37.3 Å². The molecule has 0 N–H and O–H groups in total. The summed E-state index contributed by atoms with van der Waals surface area (Å²) in [5.41, 5.74) is 0.433. The number of ether oxygens (including phenoxy) is 1. The summed E-state index contributed by atoms with van der Waals surface area (Å²) >= 11 is 6.33. The Morgan fingerprint density at radius 2 is 1.97 bits per heavy atom. The third-order valence-corrected chi connectivity index (χ3v) is 5.92. The summed E-state index contributed by atoms with van der Waals surface area (Å²) in [4.78, 5) is 36.4. The second-order valence-electron chi connectivity index (χ2n) is 8.14. The highest BCUT2D eigenvalue weighted by molar-refractivity contribution is 6.31. The SMILES string of the molecule is CCCN(CC)CCN1C(=O)C(Cc2ccccn2)(OC(=O)N(C)C)c2cc(Cl)ccc21. The van der Waals surface area contributed by atoms with Crippen molar-refractivity contribution in [2.45, 2.75) is 32.3 Å². The fourth-order valence-corrected chi connectivity index (χ4v) is 4.19. The standard InChI is InChI=1S/C24H31ClN4O3/c1-5-13-28(6-2)14-15-29-21-11-10-18(25)16-20(21)24(22(29)30,32-23(31)27(3)4)17-19-9-7-8-12-26-19/h7-12,16H,5-6,13-15,17H2,1-4H3. The Labute approximate surface area is 194 Å². The van der Waals surface area contributed by atoms with E-state index in [1.165, 1.54) is 4.90 Å². The van der Waals surface area contributed by atoms with Crippen molar-refractivity contribution in [1.29, 1.82) is 0 Å². The van der Waals surface area contributed by atoms with E-state index in [0.29, 0.717) is 22.8 Å². The van der Waals surface area contributed by atoms with E-state index in [1.807, 2.05) is 24.3 Å². The summed E-state index contributed by atoms with van der Waals surface area (Å²) < 4.78 is 5.95. The minimum absolute atomic E-state index is 0.128. The topological polar surface area (TPSA) is 66.0 Å². The molecule has 2 amide bonds. The van der Waals surface area contributed by atoms with E-state index in [9.17, 15) is 9.59 Å². The van der Waals surface area contributed by atoms with Crippen molar-refractivity contribution in [3.05, 3.63) is 58.9 Å². The molecule has 1 aromatic carbocycles. The van der Waals surface area contributed by atoms with Gasteiger partial charge in [-0.3, -0.25) is 9.78 Å². The maximum absolute atomic E-state index is 14.0. The zero-order valence-electron chi connectivity index (χ0n) is 19.2. The van der Waals surface area contributed by atoms with Crippen LogP contribution in [0.1, 0.15) is 31.5 Å². The van der Waals surface area contributed by atoms with Gasteiger partial charge in [-0.05, 0) is 49.8 Å². The smallest absolute Gasteiger partial charge is 0.410 e. The Hall–Kier alpha value is -2.64. The second-order valence-corrected chi connectivity index (χ2v) is 8.58. The molecule has 0 spiro atoms. The number of hydrogen-bond donors (Lipinski definition) is 0. The number of carbonyl (C=O) groups excluding carboxylic acids is 2. The molecule has 2 heterocycles. The van der Waals surface area contributed by atoms with Gasteiger partial charge in [0, 0.05) is 56.1 Å². The van der Waals surface area contributed by atoms with Crippen LogP contribution in [-0.2, 0) is 21.6 Å². The number of benzene rings is 1. The Morgan fingerprint density at radius 3 is 2.59 bits per heavy atom. The molecule has 1 aromatic heterocycles. The van der Waals surface area contributed by atoms with Crippen LogP contribution in [0.4, 0.5) is 10.5 Å². The van der Waals surface area contributed by atoms with Crippen molar-refractivity contribution >= 4 is 29.3 Å². The summed E-state index contributed by atoms with van der Waals surface area (Å²) in [6.07, 6.45) is 2.24. The first kappa shape index (κ1) is 24.0. The van der Waals surface area contributed by atoms with Gasteiger partial charge in [0.1, 0.15) is 0 Å². The van der Waals surface area contributed by atoms with Crippen LogP contribution < -0.4 is 4.90 Å². The monoisotopic (exact) mass is 458 g/mol. The number of carbonyl (C=O) groups is 2. The van der Waals surface area contributed by atoms with Gasteiger partial charge in [0.15, 0.2) is 0 Å². The molecule has 0 saturated carbocycles. The van der Waals surface area contributed by atoms with E-state index in [0.717, 1.165) is 31.7 Å². The molecule has 1 aliphatic heterocycles. The fourth-order valence-electron chi connectivity index (χ4n) is 4.02. The number of halogens is 1. The third kappa shape index (κ3) is 4.89. The highest BCUT2D eigenvalue weighted by Crippen LogP contribution is 2.46. The quantitative estimate of drug-likeness (QED) is 0.569. The van der Waals surface area contributed by atoms with E-state index < -0.39 is 11.7 Å². The molecule has 0 saturated heterocycles. The third-order valence-electron chi connectivity index (χ3n) is 5.68. The van der Waals surface area contributed by atoms with Gasteiger partial charge in [-0.25, -0.2) is 4.79 Å². The van der Waals surface area contributed by atoms with E-state index in [-0.39, 0.29) is 12.3 Å². The van der Waals surface area contributed by atoms with E-state index in [2.05, 4.69) is 23.7 Å². The molecule has 1 unspecified atom stereocenters. The Kier molecular flexibility index (Phi) is 7.74. The lowest BCUT2D eigenvalue weighted by Gasteiger charge is -2.30. The highest BCUT2D eigenvalue weighted by Gasteiger charge is 2.55. The summed E-state index contributed by atoms with van der Waals surface area (Å²) in [5, 5.41) is 0.478. The van der Waals surface area contributed by atoms with Gasteiger partial charge in [0.05, 0.1) is 5.69 Å². The number of amides is 2. The molecule has 0 fully saturated rings. The molecule has 7 nitrogen and oxygen atoms in total. The average molecular weight is 459 g/mol. The van der Waals surface area contributed by atoms with Crippen LogP contribution in [0.5, 0.6) is 0 Å². The highest BCUT2D eigenvalue weighted by atomic mass is 35.5. The first-order valence-corrected chi connectivity index (χ1v) is 11.3. The molecule has 172 valence electrons. The van der Waals surface area contributed by atoms with Gasteiger partial charge in [0.25, 0.3) is 5.91 Å². The Bertz CT molecular complexity index is 954. The maximum Gasteiger partial charge on any atom is 0.410 e. The molecule has 2 aromatic rings. The first-order valence-electron chi connectivity index (χ1n) is 11.0. The minimum Gasteiger partial charge on any atom is -0.427 e. The van der Waals surface area contributed by atoms with Crippen LogP contribution in [0.15, 0.2) is 42.6 Å². The maximum atomic E-state index is 14.0. The molecule has 1 aliphatic rings. The van der Waals surface area contributed by atoms with Crippen LogP contribution in [-0.4, -0.2) is 67.1 Å². The van der Waals surface area contributed by atoms with E-state index >= 15 is 0 Å². The summed E-state index contributed by atoms with van der Waals surface area (Å²) in [6.45, 7) is 7.32. The lowest BCUT2D eigenvalue weighted by atomic mass is 9.89. The lowest BCUT2D eigenvalue weighted by molar-refractivity contribution is -0.137. The molecule has 1 atom stereocenters. The van der Waals surface area contributed by atoms with Crippen molar-refractivity contribution in [3.63, 3.8) is 0 Å².